The van der Waals surface area contributed by atoms with Gasteiger partial charge in [-0.05, 0) is 128 Å². The number of benzene rings is 1. The van der Waals surface area contributed by atoms with Gasteiger partial charge < -0.3 is 15.2 Å². The molecule has 0 heterocycles. The summed E-state index contributed by atoms with van der Waals surface area (Å²) in [6.07, 6.45) is 6.24. The summed E-state index contributed by atoms with van der Waals surface area (Å²) in [4.78, 5) is 39.1. The van der Waals surface area contributed by atoms with Crippen molar-refractivity contribution < 1.29 is 37.2 Å². The van der Waals surface area contributed by atoms with E-state index in [1.165, 1.54) is 0 Å². The van der Waals surface area contributed by atoms with Crippen molar-refractivity contribution in [3.8, 4) is 0 Å². The highest BCUT2D eigenvalue weighted by Crippen LogP contribution is 2.77. The number of rotatable bonds is 11. The Morgan fingerprint density at radius 3 is 2.20 bits per heavy atom. The lowest BCUT2D eigenvalue weighted by molar-refractivity contribution is -0.233. The highest BCUT2D eigenvalue weighted by atomic mass is 35.5. The van der Waals surface area contributed by atoms with Crippen molar-refractivity contribution in [2.24, 2.45) is 56.2 Å². The van der Waals surface area contributed by atoms with Crippen molar-refractivity contribution >= 4 is 39.4 Å². The summed E-state index contributed by atoms with van der Waals surface area (Å²) in [5.74, 6) is -0.874. The average Bonchev–Trinajstić information content (AvgIpc) is 3.37. The summed E-state index contributed by atoms with van der Waals surface area (Å²) < 4.78 is 44.2. The predicted molar refractivity (Wildman–Crippen MR) is 214 cm³/mol. The van der Waals surface area contributed by atoms with Crippen molar-refractivity contribution in [1.29, 1.82) is 0 Å². The maximum absolute atomic E-state index is 14.2. The van der Waals surface area contributed by atoms with Crippen molar-refractivity contribution in [2.45, 2.75) is 144 Å². The predicted octanol–water partition coefficient (Wildman–Crippen LogP) is 9.08. The molecule has 306 valence electrons. The summed E-state index contributed by atoms with van der Waals surface area (Å²) in [7, 11) is -4.56. The van der Waals surface area contributed by atoms with Gasteiger partial charge in [0.2, 0.25) is 0 Å². The zero-order chi connectivity index (χ0) is 40.7. The number of carboxylic acids is 1. The van der Waals surface area contributed by atoms with Gasteiger partial charge in [0.15, 0.2) is 5.78 Å². The number of aliphatic carboxylic acids is 1. The van der Waals surface area contributed by atoms with Gasteiger partial charge in [0.25, 0.3) is 10.1 Å². The average molecular weight is 803 g/mol. The molecular formula is C44H64ClNO8S. The minimum absolute atomic E-state index is 0.00917. The SMILES string of the molecule is CC(C)C1=C2[C@H]3CC[C@@H]4[C@@]5(C)CC[C@H](OC(=O)CC(C)(C)C(=O)O)C(C)(C)[C@@H]5CC[C@@]4(C)[C@]3(C)CCC2(C(CNCc2ccc(Cl)cc2)S(=O)(=O)O)CC1=O. The third-order valence-electron chi connectivity index (χ3n) is 16.4. The summed E-state index contributed by atoms with van der Waals surface area (Å²) in [5.41, 5.74) is -0.111. The van der Waals surface area contributed by atoms with Gasteiger partial charge in [-0.25, -0.2) is 0 Å². The van der Waals surface area contributed by atoms with Gasteiger partial charge in [-0.1, -0.05) is 77.8 Å². The lowest BCUT2D eigenvalue weighted by atomic mass is 9.33. The first kappa shape index (κ1) is 42.3. The molecule has 3 N–H and O–H groups in total. The van der Waals surface area contributed by atoms with E-state index in [9.17, 15) is 32.5 Å². The van der Waals surface area contributed by atoms with E-state index in [4.69, 9.17) is 16.3 Å². The van der Waals surface area contributed by atoms with Crippen LogP contribution in [0.1, 0.15) is 132 Å². The van der Waals surface area contributed by atoms with E-state index in [1.54, 1.807) is 26.0 Å². The van der Waals surface area contributed by atoms with Crippen LogP contribution in [0.3, 0.4) is 0 Å². The molecule has 0 amide bonds. The van der Waals surface area contributed by atoms with Crippen LogP contribution in [-0.2, 0) is 35.8 Å². The first-order chi connectivity index (χ1) is 25.3. The first-order valence-electron chi connectivity index (χ1n) is 20.5. The molecule has 9 nitrogen and oxygen atoms in total. The number of Topliss-reactive ketones (excluding diaryl/α,β-unsaturated/α-hetero) is 1. The topological polar surface area (TPSA) is 147 Å². The highest BCUT2D eigenvalue weighted by Gasteiger charge is 2.71. The summed E-state index contributed by atoms with van der Waals surface area (Å²) in [5, 5.41) is 12.4. The van der Waals surface area contributed by atoms with E-state index in [2.05, 4.69) is 39.9 Å². The molecule has 6 rings (SSSR count). The summed E-state index contributed by atoms with van der Waals surface area (Å²) in [6.45, 7) is 19.4. The van der Waals surface area contributed by atoms with Crippen LogP contribution >= 0.6 is 11.6 Å². The van der Waals surface area contributed by atoms with Crippen molar-refractivity contribution in [2.75, 3.05) is 6.54 Å². The van der Waals surface area contributed by atoms with Crippen LogP contribution in [0, 0.1) is 56.2 Å². The molecule has 0 spiro atoms. The lowest BCUT2D eigenvalue weighted by Crippen LogP contribution is -2.66. The molecule has 55 heavy (non-hydrogen) atoms. The van der Waals surface area contributed by atoms with Gasteiger partial charge in [0.1, 0.15) is 11.4 Å². The Kier molecular flexibility index (Phi) is 11.0. The second kappa shape index (κ2) is 14.2. The van der Waals surface area contributed by atoms with E-state index in [0.717, 1.165) is 55.2 Å². The second-order valence-electron chi connectivity index (χ2n) is 20.3. The number of carbonyl (C=O) groups excluding carboxylic acids is 2. The minimum Gasteiger partial charge on any atom is -0.481 e. The molecule has 4 fully saturated rings. The van der Waals surface area contributed by atoms with Gasteiger partial charge >= 0.3 is 11.9 Å². The Bertz CT molecular complexity index is 1850. The Balaban J connectivity index is 1.31. The van der Waals surface area contributed by atoms with Crippen LogP contribution < -0.4 is 5.32 Å². The zero-order valence-corrected chi connectivity index (χ0v) is 36.0. The molecule has 9 atom stereocenters. The zero-order valence-electron chi connectivity index (χ0n) is 34.4. The van der Waals surface area contributed by atoms with Crippen LogP contribution in [0.2, 0.25) is 5.02 Å². The number of carbonyl (C=O) groups is 3. The van der Waals surface area contributed by atoms with Crippen LogP contribution in [0.5, 0.6) is 0 Å². The van der Waals surface area contributed by atoms with Gasteiger partial charge in [0, 0.05) is 35.4 Å². The Hall–Kier alpha value is -2.27. The number of ether oxygens (including phenoxy) is 1. The molecule has 5 aliphatic carbocycles. The number of halogens is 1. The minimum atomic E-state index is -4.56. The van der Waals surface area contributed by atoms with Crippen LogP contribution in [0.25, 0.3) is 0 Å². The lowest BCUT2D eigenvalue weighted by Gasteiger charge is -2.72. The molecule has 1 aromatic rings. The monoisotopic (exact) mass is 801 g/mol. The molecular weight excluding hydrogens is 738 g/mol. The molecule has 5 aliphatic rings. The number of hydrogen-bond acceptors (Lipinski definition) is 7. The molecule has 4 saturated carbocycles. The molecule has 1 aromatic carbocycles. The largest absolute Gasteiger partial charge is 0.481 e. The van der Waals surface area contributed by atoms with Crippen LogP contribution in [-0.4, -0.2) is 53.7 Å². The maximum atomic E-state index is 14.2. The van der Waals surface area contributed by atoms with E-state index in [0.29, 0.717) is 30.3 Å². The molecule has 0 aromatic heterocycles. The van der Waals surface area contributed by atoms with Crippen molar-refractivity contribution in [3.05, 3.63) is 46.0 Å². The molecule has 0 bridgehead atoms. The normalized spacial score (nSPS) is 36.4. The standard InChI is InChI=1S/C44H64ClNO8S/c1-26(2)36-30(47)22-44(34(55(51,52)53)25-46-24-27-10-12-28(45)13-11-27)21-20-42(8)29(37(36)44)14-15-32-41(7)18-17-33(54-35(48)23-39(3,4)38(49)50)40(5,6)31(41)16-19-43(32,42)9/h10-13,26,29,31-34,46H,14-25H2,1-9H3,(H,49,50)(H,51,52,53)/t29-,31+,32-,33+,34?,41+,42-,43-,44?/m1/s1. The summed E-state index contributed by atoms with van der Waals surface area (Å²) in [6, 6.07) is 7.37. The Labute approximate surface area is 333 Å². The van der Waals surface area contributed by atoms with Gasteiger partial charge in [0.05, 0.1) is 11.8 Å². The number of fused-ring (bicyclic) bond motifs is 7. The van der Waals surface area contributed by atoms with E-state index in [1.807, 2.05) is 26.0 Å². The third-order valence-corrected chi connectivity index (χ3v) is 18.0. The molecule has 2 unspecified atom stereocenters. The fourth-order valence-corrected chi connectivity index (χ4v) is 14.8. The fourth-order valence-electron chi connectivity index (χ4n) is 13.4. The number of esters is 1. The fraction of sp³-hybridized carbons (Fsp3) is 0.750. The summed E-state index contributed by atoms with van der Waals surface area (Å²) >= 11 is 6.09. The molecule has 0 aliphatic heterocycles. The van der Waals surface area contributed by atoms with Gasteiger partial charge in [-0.3, -0.25) is 18.9 Å². The van der Waals surface area contributed by atoms with Gasteiger partial charge in [-0.2, -0.15) is 8.42 Å². The molecule has 11 heteroatoms. The number of nitrogens with one attached hydrogen (secondary N) is 1. The number of ketones is 1. The van der Waals surface area contributed by atoms with Gasteiger partial charge in [-0.15, -0.1) is 0 Å². The van der Waals surface area contributed by atoms with Crippen LogP contribution in [0.4, 0.5) is 0 Å². The van der Waals surface area contributed by atoms with E-state index in [-0.39, 0.29) is 70.7 Å². The van der Waals surface area contributed by atoms with Crippen LogP contribution in [0.15, 0.2) is 35.4 Å². The molecule has 0 radical (unpaired) electrons. The van der Waals surface area contributed by atoms with Crippen molar-refractivity contribution in [3.63, 3.8) is 0 Å². The third kappa shape index (κ3) is 6.84. The number of carboxylic acid groups (broad SMARTS) is 1. The second-order valence-corrected chi connectivity index (χ2v) is 22.4. The number of allylic oxidation sites excluding steroid dienone is 2. The maximum Gasteiger partial charge on any atom is 0.309 e. The molecule has 0 saturated heterocycles. The van der Waals surface area contributed by atoms with E-state index < -0.39 is 38.1 Å². The Morgan fingerprint density at radius 2 is 1.60 bits per heavy atom. The Morgan fingerprint density at radius 1 is 0.945 bits per heavy atom. The number of hydrogen-bond donors (Lipinski definition) is 3. The van der Waals surface area contributed by atoms with Crippen molar-refractivity contribution in [1.82, 2.24) is 5.32 Å². The smallest absolute Gasteiger partial charge is 0.309 e. The highest BCUT2D eigenvalue weighted by molar-refractivity contribution is 7.86. The first-order valence-corrected chi connectivity index (χ1v) is 22.4. The quantitative estimate of drug-likeness (QED) is 0.147. The van der Waals surface area contributed by atoms with E-state index >= 15 is 0 Å².